The fourth-order valence-electron chi connectivity index (χ4n) is 3.38. The van der Waals surface area contributed by atoms with Crippen LogP contribution in [0, 0.1) is 0 Å². The van der Waals surface area contributed by atoms with E-state index in [4.69, 9.17) is 4.74 Å². The molecule has 2 atom stereocenters. The number of piperidine rings is 1. The minimum absolute atomic E-state index is 0.111. The summed E-state index contributed by atoms with van der Waals surface area (Å²) in [6, 6.07) is 2.88. The van der Waals surface area contributed by atoms with Gasteiger partial charge in [0.1, 0.15) is 17.9 Å². The first-order chi connectivity index (χ1) is 11.6. The lowest BCUT2D eigenvalue weighted by Gasteiger charge is -2.29. The molecule has 3 N–H and O–H groups in total. The molecule has 3 amide bonds. The third-order valence-electron chi connectivity index (χ3n) is 4.64. The number of carbonyl (C=O) groups is 3. The molecule has 0 aliphatic carbocycles. The summed E-state index contributed by atoms with van der Waals surface area (Å²) < 4.78 is 5.66. The van der Waals surface area contributed by atoms with Gasteiger partial charge in [-0.05, 0) is 24.1 Å². The van der Waals surface area contributed by atoms with Crippen molar-refractivity contribution < 1.29 is 24.2 Å². The Morgan fingerprint density at radius 3 is 2.88 bits per heavy atom. The number of ether oxygens (including phenoxy) is 1. The normalized spacial score (nSPS) is 25.5. The van der Waals surface area contributed by atoms with Gasteiger partial charge in [0.2, 0.25) is 11.8 Å². The highest BCUT2D eigenvalue weighted by atomic mass is 16.5. The predicted octanol–water partition coefficient (Wildman–Crippen LogP) is -0.387. The molecule has 1 aromatic rings. The number of nitrogens with one attached hydrogen (secondary N) is 2. The molecule has 24 heavy (non-hydrogen) atoms. The molecule has 1 aromatic carbocycles. The van der Waals surface area contributed by atoms with Crippen LogP contribution in [-0.4, -0.2) is 53.0 Å². The predicted molar refractivity (Wildman–Crippen MR) is 82.5 cm³/mol. The van der Waals surface area contributed by atoms with E-state index < -0.39 is 11.9 Å². The minimum Gasteiger partial charge on any atom is -0.484 e. The van der Waals surface area contributed by atoms with Crippen molar-refractivity contribution in [3.05, 3.63) is 23.3 Å². The first-order valence-electron chi connectivity index (χ1n) is 7.90. The van der Waals surface area contributed by atoms with Gasteiger partial charge < -0.3 is 20.1 Å². The second-order valence-corrected chi connectivity index (χ2v) is 6.21. The van der Waals surface area contributed by atoms with Crippen molar-refractivity contribution in [2.45, 2.75) is 31.5 Å². The maximum Gasteiger partial charge on any atom is 0.255 e. The van der Waals surface area contributed by atoms with E-state index in [1.807, 2.05) is 6.07 Å². The molecular formula is C16H17N3O5. The minimum atomic E-state index is -0.626. The summed E-state index contributed by atoms with van der Waals surface area (Å²) in [7, 11) is 0. The number of imide groups is 1. The van der Waals surface area contributed by atoms with Gasteiger partial charge in [-0.25, -0.2) is 0 Å². The highest BCUT2D eigenvalue weighted by Gasteiger charge is 2.40. The monoisotopic (exact) mass is 331 g/mol. The summed E-state index contributed by atoms with van der Waals surface area (Å²) in [6.45, 7) is 0.714. The summed E-state index contributed by atoms with van der Waals surface area (Å²) in [4.78, 5) is 37.5. The average Bonchev–Trinajstić information content (AvgIpc) is 2.88. The largest absolute Gasteiger partial charge is 0.484 e. The fraction of sp³-hybridized carbons (Fsp3) is 0.438. The van der Waals surface area contributed by atoms with Crippen LogP contribution < -0.4 is 15.4 Å². The first-order valence-corrected chi connectivity index (χ1v) is 7.90. The Morgan fingerprint density at radius 2 is 2.12 bits per heavy atom. The van der Waals surface area contributed by atoms with Crippen molar-refractivity contribution in [3.63, 3.8) is 0 Å². The van der Waals surface area contributed by atoms with E-state index in [-0.39, 0.29) is 30.9 Å². The third-order valence-corrected chi connectivity index (χ3v) is 4.64. The second-order valence-electron chi connectivity index (χ2n) is 6.21. The van der Waals surface area contributed by atoms with Crippen LogP contribution in [0.25, 0.3) is 0 Å². The Hall–Kier alpha value is -2.61. The molecule has 3 aliphatic rings. The summed E-state index contributed by atoms with van der Waals surface area (Å²) in [5.74, 6) is -0.440. The summed E-state index contributed by atoms with van der Waals surface area (Å²) in [5, 5.41) is 14.7. The fourth-order valence-corrected chi connectivity index (χ4v) is 3.38. The Bertz CT molecular complexity index is 747. The van der Waals surface area contributed by atoms with Crippen molar-refractivity contribution >= 4 is 23.4 Å². The van der Waals surface area contributed by atoms with E-state index in [0.29, 0.717) is 30.8 Å². The van der Waals surface area contributed by atoms with Crippen LogP contribution in [0.15, 0.2) is 12.1 Å². The van der Waals surface area contributed by atoms with Gasteiger partial charge in [0, 0.05) is 18.5 Å². The van der Waals surface area contributed by atoms with Crippen molar-refractivity contribution in [1.82, 2.24) is 10.2 Å². The Kier molecular flexibility index (Phi) is 3.42. The summed E-state index contributed by atoms with van der Waals surface area (Å²) in [5.41, 5.74) is 2.09. The third kappa shape index (κ3) is 2.30. The molecule has 1 saturated heterocycles. The van der Waals surface area contributed by atoms with Crippen LogP contribution in [0.3, 0.4) is 0 Å². The molecule has 0 bridgehead atoms. The number of carbonyl (C=O) groups excluding carboxylic acids is 3. The number of nitrogens with zero attached hydrogens (tertiary/aromatic N) is 1. The number of anilines is 1. The topological polar surface area (TPSA) is 108 Å². The van der Waals surface area contributed by atoms with E-state index in [0.717, 1.165) is 11.3 Å². The number of amides is 3. The highest BCUT2D eigenvalue weighted by molar-refractivity contribution is 6.05. The van der Waals surface area contributed by atoms with Gasteiger partial charge in [-0.1, -0.05) is 0 Å². The van der Waals surface area contributed by atoms with Crippen LogP contribution >= 0.6 is 0 Å². The van der Waals surface area contributed by atoms with Crippen LogP contribution in [-0.2, 0) is 16.1 Å². The molecule has 0 aromatic heterocycles. The molecule has 8 heteroatoms. The van der Waals surface area contributed by atoms with E-state index in [1.54, 1.807) is 6.07 Å². The van der Waals surface area contributed by atoms with Gasteiger partial charge in [0.05, 0.1) is 18.8 Å². The van der Waals surface area contributed by atoms with E-state index >= 15 is 0 Å². The number of fused-ring (bicyclic) bond motifs is 2. The molecule has 2 unspecified atom stereocenters. The zero-order valence-electron chi connectivity index (χ0n) is 12.9. The van der Waals surface area contributed by atoms with Crippen LogP contribution in [0.4, 0.5) is 5.69 Å². The van der Waals surface area contributed by atoms with E-state index in [9.17, 15) is 19.5 Å². The lowest BCUT2D eigenvalue weighted by Crippen LogP contribution is -2.52. The number of rotatable bonds is 2. The summed E-state index contributed by atoms with van der Waals surface area (Å²) >= 11 is 0. The average molecular weight is 331 g/mol. The Morgan fingerprint density at radius 1 is 1.29 bits per heavy atom. The maximum absolute atomic E-state index is 12.7. The van der Waals surface area contributed by atoms with E-state index in [1.165, 1.54) is 4.90 Å². The molecule has 1 fully saturated rings. The molecule has 0 spiro atoms. The number of hydrogen-bond acceptors (Lipinski definition) is 6. The van der Waals surface area contributed by atoms with Crippen molar-refractivity contribution in [3.8, 4) is 5.75 Å². The lowest BCUT2D eigenvalue weighted by atomic mass is 10.0. The zero-order valence-corrected chi connectivity index (χ0v) is 12.9. The zero-order chi connectivity index (χ0) is 16.8. The Balaban J connectivity index is 1.61. The SMILES string of the molecule is O=C1CCC(N2Cc3cc4c(cc3C2=O)OC(CO)CN4)C(=O)N1. The molecule has 126 valence electrons. The number of aliphatic hydroxyl groups excluding tert-OH is 1. The maximum atomic E-state index is 12.7. The van der Waals surface area contributed by atoms with Crippen LogP contribution in [0.5, 0.6) is 5.75 Å². The lowest BCUT2D eigenvalue weighted by molar-refractivity contribution is -0.136. The molecule has 0 radical (unpaired) electrons. The molecule has 3 aliphatic heterocycles. The van der Waals surface area contributed by atoms with Crippen LogP contribution in [0.2, 0.25) is 0 Å². The highest BCUT2D eigenvalue weighted by Crippen LogP contribution is 2.37. The molecule has 4 rings (SSSR count). The van der Waals surface area contributed by atoms with Gasteiger partial charge in [0.25, 0.3) is 5.91 Å². The second kappa shape index (κ2) is 5.48. The van der Waals surface area contributed by atoms with Crippen molar-refractivity contribution in [2.75, 3.05) is 18.5 Å². The van der Waals surface area contributed by atoms with Crippen molar-refractivity contribution in [2.24, 2.45) is 0 Å². The van der Waals surface area contributed by atoms with Gasteiger partial charge >= 0.3 is 0 Å². The van der Waals surface area contributed by atoms with E-state index in [2.05, 4.69) is 10.6 Å². The molecular weight excluding hydrogens is 314 g/mol. The van der Waals surface area contributed by atoms with Crippen molar-refractivity contribution in [1.29, 1.82) is 0 Å². The van der Waals surface area contributed by atoms with Gasteiger partial charge in [-0.15, -0.1) is 0 Å². The standard InChI is InChI=1S/C16H17N3O5/c20-7-9-5-17-11-3-8-6-19(12-1-2-14(21)18-15(12)22)16(23)10(8)4-13(11)24-9/h3-4,9,12,17,20H,1-2,5-7H2,(H,18,21,22). The smallest absolute Gasteiger partial charge is 0.255 e. The first kappa shape index (κ1) is 14.9. The number of benzene rings is 1. The summed E-state index contributed by atoms with van der Waals surface area (Å²) in [6.07, 6.45) is 0.222. The van der Waals surface area contributed by atoms with Gasteiger partial charge in [-0.3, -0.25) is 19.7 Å². The number of hydrogen-bond donors (Lipinski definition) is 3. The quantitative estimate of drug-likeness (QED) is 0.637. The Labute approximate surface area is 137 Å². The molecule has 0 saturated carbocycles. The van der Waals surface area contributed by atoms with Gasteiger partial charge in [-0.2, -0.15) is 0 Å². The molecule has 3 heterocycles. The van der Waals surface area contributed by atoms with Crippen LogP contribution in [0.1, 0.15) is 28.8 Å². The van der Waals surface area contributed by atoms with Gasteiger partial charge in [0.15, 0.2) is 0 Å². The number of aliphatic hydroxyl groups is 1. The molecule has 8 nitrogen and oxygen atoms in total.